The SMILES string of the molecule is Cc1nc(CN=C(NCCc2ccco2)NCC2CCCCO2)oc1C.I. The number of aromatic nitrogens is 1. The quantitative estimate of drug-likeness (QED) is 0.354. The second-order valence-electron chi connectivity index (χ2n) is 6.54. The molecule has 0 spiro atoms. The molecule has 0 bridgehead atoms. The number of hydrogen-bond donors (Lipinski definition) is 2. The minimum absolute atomic E-state index is 0. The summed E-state index contributed by atoms with van der Waals surface area (Å²) in [6.45, 7) is 6.57. The van der Waals surface area contributed by atoms with Crippen molar-refractivity contribution >= 4 is 29.9 Å². The van der Waals surface area contributed by atoms with Gasteiger partial charge in [-0.3, -0.25) is 0 Å². The van der Waals surface area contributed by atoms with Crippen molar-refractivity contribution in [2.24, 2.45) is 4.99 Å². The zero-order valence-corrected chi connectivity index (χ0v) is 18.3. The van der Waals surface area contributed by atoms with Crippen molar-refractivity contribution in [3.63, 3.8) is 0 Å². The minimum atomic E-state index is 0. The highest BCUT2D eigenvalue weighted by Crippen LogP contribution is 2.12. The van der Waals surface area contributed by atoms with Gasteiger partial charge in [-0.2, -0.15) is 0 Å². The number of hydrogen-bond acceptors (Lipinski definition) is 5. The molecule has 0 aromatic carbocycles. The van der Waals surface area contributed by atoms with Crippen molar-refractivity contribution in [1.29, 1.82) is 0 Å². The molecular weight excluding hydrogens is 459 g/mol. The van der Waals surface area contributed by atoms with Gasteiger partial charge in [-0.25, -0.2) is 9.98 Å². The third-order valence-electron chi connectivity index (χ3n) is 4.46. The maximum absolute atomic E-state index is 5.78. The number of guanidine groups is 1. The molecule has 1 saturated heterocycles. The number of furan rings is 1. The van der Waals surface area contributed by atoms with Gasteiger partial charge >= 0.3 is 0 Å². The van der Waals surface area contributed by atoms with Crippen LogP contribution in [0, 0.1) is 13.8 Å². The van der Waals surface area contributed by atoms with Gasteiger partial charge in [-0.05, 0) is 45.2 Å². The second-order valence-corrected chi connectivity index (χ2v) is 6.54. The van der Waals surface area contributed by atoms with Gasteiger partial charge in [0, 0.05) is 26.1 Å². The Morgan fingerprint density at radius 2 is 2.19 bits per heavy atom. The van der Waals surface area contributed by atoms with Gasteiger partial charge in [0.2, 0.25) is 5.89 Å². The van der Waals surface area contributed by atoms with E-state index in [9.17, 15) is 0 Å². The molecule has 2 N–H and O–H groups in total. The Morgan fingerprint density at radius 1 is 1.30 bits per heavy atom. The van der Waals surface area contributed by atoms with Crippen LogP contribution < -0.4 is 10.6 Å². The predicted octanol–water partition coefficient (Wildman–Crippen LogP) is 3.35. The normalized spacial score (nSPS) is 17.4. The Bertz CT molecular complexity index is 674. The van der Waals surface area contributed by atoms with Gasteiger partial charge in [0.1, 0.15) is 18.1 Å². The molecular formula is C19H29IN4O3. The standard InChI is InChI=1S/C19H28N4O3.HI/c1-14-15(2)26-18(23-14)13-22-19(20-9-8-16-7-5-11-24-16)21-12-17-6-3-4-10-25-17;/h5,7,11,17H,3-4,6,8-10,12-13H2,1-2H3,(H2,20,21,22);1H. The second kappa shape index (κ2) is 11.3. The first-order chi connectivity index (χ1) is 12.7. The monoisotopic (exact) mass is 488 g/mol. The van der Waals surface area contributed by atoms with Crippen molar-refractivity contribution < 1.29 is 13.6 Å². The Balaban J connectivity index is 0.00000261. The third kappa shape index (κ3) is 7.17. The van der Waals surface area contributed by atoms with E-state index in [0.29, 0.717) is 12.4 Å². The van der Waals surface area contributed by atoms with Gasteiger partial charge in [0.15, 0.2) is 5.96 Å². The first kappa shape index (κ1) is 21.7. The summed E-state index contributed by atoms with van der Waals surface area (Å²) in [4.78, 5) is 8.99. The zero-order chi connectivity index (χ0) is 18.2. The Morgan fingerprint density at radius 3 is 2.85 bits per heavy atom. The molecule has 0 amide bonds. The molecule has 1 aliphatic heterocycles. The summed E-state index contributed by atoms with van der Waals surface area (Å²) in [5, 5.41) is 6.72. The van der Waals surface area contributed by atoms with Crippen molar-refractivity contribution in [2.75, 3.05) is 19.7 Å². The summed E-state index contributed by atoms with van der Waals surface area (Å²) in [5.41, 5.74) is 0.908. The molecule has 7 nitrogen and oxygen atoms in total. The van der Waals surface area contributed by atoms with Crippen molar-refractivity contribution in [1.82, 2.24) is 15.6 Å². The van der Waals surface area contributed by atoms with Crippen LogP contribution >= 0.6 is 24.0 Å². The van der Waals surface area contributed by atoms with Crippen LogP contribution in [0.25, 0.3) is 0 Å². The molecule has 27 heavy (non-hydrogen) atoms. The highest BCUT2D eigenvalue weighted by atomic mass is 127. The molecule has 1 atom stereocenters. The van der Waals surface area contributed by atoms with Crippen molar-refractivity contribution in [3.8, 4) is 0 Å². The highest BCUT2D eigenvalue weighted by Gasteiger charge is 2.14. The van der Waals surface area contributed by atoms with Crippen LogP contribution in [0.1, 0.15) is 42.4 Å². The summed E-state index contributed by atoms with van der Waals surface area (Å²) in [6, 6.07) is 3.87. The van der Waals surface area contributed by atoms with Crippen LogP contribution in [-0.2, 0) is 17.7 Å². The summed E-state index contributed by atoms with van der Waals surface area (Å²) >= 11 is 0. The zero-order valence-electron chi connectivity index (χ0n) is 16.0. The summed E-state index contributed by atoms with van der Waals surface area (Å²) < 4.78 is 16.8. The average Bonchev–Trinajstić information content (AvgIpc) is 3.28. The van der Waals surface area contributed by atoms with E-state index >= 15 is 0 Å². The molecule has 0 aliphatic carbocycles. The van der Waals surface area contributed by atoms with Crippen molar-refractivity contribution in [3.05, 3.63) is 41.5 Å². The van der Waals surface area contributed by atoms with Crippen molar-refractivity contribution in [2.45, 2.75) is 52.2 Å². The third-order valence-corrected chi connectivity index (χ3v) is 4.46. The lowest BCUT2D eigenvalue weighted by atomic mass is 10.1. The lowest BCUT2D eigenvalue weighted by molar-refractivity contribution is 0.0194. The maximum atomic E-state index is 5.78. The Hall–Kier alpha value is -1.55. The summed E-state index contributed by atoms with van der Waals surface area (Å²) in [7, 11) is 0. The van der Waals surface area contributed by atoms with Gasteiger partial charge in [-0.15, -0.1) is 24.0 Å². The number of rotatable bonds is 7. The van der Waals surface area contributed by atoms with Gasteiger partial charge in [-0.1, -0.05) is 0 Å². The molecule has 0 saturated carbocycles. The minimum Gasteiger partial charge on any atom is -0.469 e. The van der Waals surface area contributed by atoms with E-state index < -0.39 is 0 Å². The molecule has 150 valence electrons. The van der Waals surface area contributed by atoms with Crippen LogP contribution in [-0.4, -0.2) is 36.7 Å². The van der Waals surface area contributed by atoms with E-state index in [-0.39, 0.29) is 30.1 Å². The van der Waals surface area contributed by atoms with E-state index in [1.54, 1.807) is 6.26 Å². The van der Waals surface area contributed by atoms with Crippen LogP contribution in [0.2, 0.25) is 0 Å². The number of aryl methyl sites for hydroxylation is 2. The lowest BCUT2D eigenvalue weighted by Crippen LogP contribution is -2.43. The Kier molecular flexibility index (Phi) is 9.12. The number of oxazole rings is 1. The maximum Gasteiger partial charge on any atom is 0.216 e. The molecule has 3 rings (SSSR count). The molecule has 0 radical (unpaired) electrons. The topological polar surface area (TPSA) is 84.8 Å². The number of ether oxygens (including phenoxy) is 1. The van der Waals surface area contributed by atoms with Gasteiger partial charge < -0.3 is 24.2 Å². The molecule has 2 aromatic heterocycles. The average molecular weight is 488 g/mol. The van der Waals surface area contributed by atoms with Crippen LogP contribution in [0.4, 0.5) is 0 Å². The smallest absolute Gasteiger partial charge is 0.216 e. The van der Waals surface area contributed by atoms with Crippen LogP contribution in [0.15, 0.2) is 32.2 Å². The molecule has 1 fully saturated rings. The van der Waals surface area contributed by atoms with E-state index in [4.69, 9.17) is 13.6 Å². The fourth-order valence-corrected chi connectivity index (χ4v) is 2.87. The summed E-state index contributed by atoms with van der Waals surface area (Å²) in [5.74, 6) is 3.15. The first-order valence-electron chi connectivity index (χ1n) is 9.30. The fraction of sp³-hybridized carbons (Fsp3) is 0.579. The number of nitrogens with one attached hydrogen (secondary N) is 2. The first-order valence-corrected chi connectivity index (χ1v) is 9.30. The largest absolute Gasteiger partial charge is 0.469 e. The van der Waals surface area contributed by atoms with Gasteiger partial charge in [0.25, 0.3) is 0 Å². The number of nitrogens with zero attached hydrogens (tertiary/aromatic N) is 2. The summed E-state index contributed by atoms with van der Waals surface area (Å²) in [6.07, 6.45) is 6.19. The molecule has 1 aliphatic rings. The molecule has 1 unspecified atom stereocenters. The molecule has 2 aromatic rings. The molecule has 8 heteroatoms. The van der Waals surface area contributed by atoms with E-state index in [1.165, 1.54) is 6.42 Å². The molecule has 3 heterocycles. The van der Waals surface area contributed by atoms with Gasteiger partial charge in [0.05, 0.1) is 18.1 Å². The number of halogens is 1. The van der Waals surface area contributed by atoms with Crippen LogP contribution in [0.3, 0.4) is 0 Å². The van der Waals surface area contributed by atoms with E-state index in [1.807, 2.05) is 26.0 Å². The predicted molar refractivity (Wildman–Crippen MR) is 115 cm³/mol. The lowest BCUT2D eigenvalue weighted by Gasteiger charge is -2.23. The Labute approximate surface area is 177 Å². The van der Waals surface area contributed by atoms with E-state index in [2.05, 4.69) is 20.6 Å². The highest BCUT2D eigenvalue weighted by molar-refractivity contribution is 14.0. The van der Waals surface area contributed by atoms with Crippen LogP contribution in [0.5, 0.6) is 0 Å². The number of aliphatic imine (C=N–C) groups is 1. The van der Waals surface area contributed by atoms with E-state index in [0.717, 1.165) is 62.1 Å². The fourth-order valence-electron chi connectivity index (χ4n) is 2.87.